The zero-order valence-electron chi connectivity index (χ0n) is 10.8. The van der Waals surface area contributed by atoms with E-state index in [1.807, 2.05) is 24.3 Å². The number of hydrogen-bond acceptors (Lipinski definition) is 5. The monoisotopic (exact) mass is 261 g/mol. The quantitative estimate of drug-likeness (QED) is 0.845. The van der Waals surface area contributed by atoms with E-state index in [-0.39, 0.29) is 6.61 Å². The van der Waals surface area contributed by atoms with Crippen molar-refractivity contribution in [3.8, 4) is 5.75 Å². The van der Waals surface area contributed by atoms with Gasteiger partial charge in [-0.1, -0.05) is 18.2 Å². The Morgan fingerprint density at radius 2 is 2.11 bits per heavy atom. The summed E-state index contributed by atoms with van der Waals surface area (Å²) in [5.74, 6) is -0.219. The Morgan fingerprint density at radius 1 is 1.37 bits per heavy atom. The van der Waals surface area contributed by atoms with Crippen molar-refractivity contribution in [2.75, 3.05) is 13.7 Å². The fraction of sp³-hybridized carbons (Fsp3) is 0.286. The van der Waals surface area contributed by atoms with Gasteiger partial charge in [0.2, 0.25) is 0 Å². The van der Waals surface area contributed by atoms with Gasteiger partial charge in [0.25, 0.3) is 0 Å². The molecule has 2 aromatic rings. The molecule has 5 heteroatoms. The highest BCUT2D eigenvalue weighted by atomic mass is 16.6. The van der Waals surface area contributed by atoms with Crippen LogP contribution in [0, 0.1) is 0 Å². The zero-order valence-corrected chi connectivity index (χ0v) is 10.8. The predicted molar refractivity (Wildman–Crippen MR) is 69.9 cm³/mol. The van der Waals surface area contributed by atoms with E-state index < -0.39 is 11.6 Å². The van der Waals surface area contributed by atoms with Crippen LogP contribution in [0.1, 0.15) is 6.92 Å². The van der Waals surface area contributed by atoms with Crippen LogP contribution in [-0.2, 0) is 9.53 Å². The van der Waals surface area contributed by atoms with Gasteiger partial charge in [-0.05, 0) is 19.1 Å². The van der Waals surface area contributed by atoms with Crippen molar-refractivity contribution in [2.45, 2.75) is 12.5 Å². The van der Waals surface area contributed by atoms with Crippen LogP contribution >= 0.6 is 0 Å². The van der Waals surface area contributed by atoms with Crippen LogP contribution in [0.4, 0.5) is 0 Å². The highest BCUT2D eigenvalue weighted by molar-refractivity contribution is 5.84. The maximum absolute atomic E-state index is 11.4. The fourth-order valence-corrected chi connectivity index (χ4v) is 1.69. The van der Waals surface area contributed by atoms with Gasteiger partial charge < -0.3 is 14.6 Å². The average Bonchev–Trinajstić information content (AvgIpc) is 2.44. The molecule has 0 radical (unpaired) electrons. The molecule has 1 heterocycles. The molecule has 0 aliphatic heterocycles. The van der Waals surface area contributed by atoms with Crippen LogP contribution in [0.15, 0.2) is 36.5 Å². The summed E-state index contributed by atoms with van der Waals surface area (Å²) in [6.45, 7) is 1.15. The van der Waals surface area contributed by atoms with E-state index in [0.29, 0.717) is 11.3 Å². The van der Waals surface area contributed by atoms with E-state index in [4.69, 9.17) is 4.74 Å². The molecule has 0 spiro atoms. The first kappa shape index (κ1) is 13.3. The summed E-state index contributed by atoms with van der Waals surface area (Å²) in [6.07, 6.45) is 1.66. The van der Waals surface area contributed by atoms with E-state index in [0.717, 1.165) is 5.39 Å². The van der Waals surface area contributed by atoms with Gasteiger partial charge in [0.05, 0.1) is 7.11 Å². The Hall–Kier alpha value is -2.14. The van der Waals surface area contributed by atoms with E-state index in [2.05, 4.69) is 9.72 Å². The maximum atomic E-state index is 11.4. The van der Waals surface area contributed by atoms with Crippen LogP contribution in [0.5, 0.6) is 5.75 Å². The van der Waals surface area contributed by atoms with Crippen molar-refractivity contribution in [3.05, 3.63) is 36.5 Å². The van der Waals surface area contributed by atoms with Crippen molar-refractivity contribution >= 4 is 16.9 Å². The Morgan fingerprint density at radius 3 is 2.84 bits per heavy atom. The molecule has 5 nitrogen and oxygen atoms in total. The summed E-state index contributed by atoms with van der Waals surface area (Å²) in [4.78, 5) is 15.6. The summed E-state index contributed by atoms with van der Waals surface area (Å²) in [5, 5.41) is 10.8. The van der Waals surface area contributed by atoms with Crippen LogP contribution in [-0.4, -0.2) is 35.4 Å². The zero-order chi connectivity index (χ0) is 13.9. The molecule has 19 heavy (non-hydrogen) atoms. The lowest BCUT2D eigenvalue weighted by molar-refractivity contribution is -0.163. The molecule has 0 saturated carbocycles. The molecule has 0 aliphatic carbocycles. The third kappa shape index (κ3) is 2.82. The SMILES string of the molecule is COC(=O)C(C)(O)COc1cccc2cccnc12. The number of methoxy groups -OCH3 is 1. The van der Waals surface area contributed by atoms with Gasteiger partial charge in [-0.15, -0.1) is 0 Å². The lowest BCUT2D eigenvalue weighted by Crippen LogP contribution is -2.42. The number of rotatable bonds is 4. The first-order chi connectivity index (χ1) is 9.04. The minimum Gasteiger partial charge on any atom is -0.488 e. The van der Waals surface area contributed by atoms with Gasteiger partial charge in [-0.25, -0.2) is 4.79 Å². The Balaban J connectivity index is 2.21. The highest BCUT2D eigenvalue weighted by Gasteiger charge is 2.32. The minimum atomic E-state index is -1.69. The maximum Gasteiger partial charge on any atom is 0.341 e. The normalized spacial score (nSPS) is 13.8. The molecule has 2 rings (SSSR count). The molecule has 0 amide bonds. The van der Waals surface area contributed by atoms with E-state index in [1.54, 1.807) is 12.3 Å². The van der Waals surface area contributed by atoms with Crippen molar-refractivity contribution < 1.29 is 19.4 Å². The third-order valence-corrected chi connectivity index (χ3v) is 2.73. The number of carbonyl (C=O) groups excluding carboxylic acids is 1. The summed E-state index contributed by atoms with van der Waals surface area (Å²) < 4.78 is 10.0. The van der Waals surface area contributed by atoms with Gasteiger partial charge >= 0.3 is 5.97 Å². The summed E-state index contributed by atoms with van der Waals surface area (Å²) in [6, 6.07) is 9.22. The smallest absolute Gasteiger partial charge is 0.341 e. The molecule has 0 aliphatic rings. The summed E-state index contributed by atoms with van der Waals surface area (Å²) in [7, 11) is 1.22. The molecule has 1 N–H and O–H groups in total. The fourth-order valence-electron chi connectivity index (χ4n) is 1.69. The van der Waals surface area contributed by atoms with Crippen molar-refractivity contribution in [1.29, 1.82) is 0 Å². The second-order valence-corrected chi connectivity index (χ2v) is 4.39. The lowest BCUT2D eigenvalue weighted by Gasteiger charge is -2.20. The number of nitrogens with zero attached hydrogens (tertiary/aromatic N) is 1. The van der Waals surface area contributed by atoms with E-state index in [9.17, 15) is 9.90 Å². The molecule has 1 aromatic carbocycles. The number of aromatic nitrogens is 1. The van der Waals surface area contributed by atoms with E-state index >= 15 is 0 Å². The third-order valence-electron chi connectivity index (χ3n) is 2.73. The number of benzene rings is 1. The van der Waals surface area contributed by atoms with Crippen LogP contribution in [0.2, 0.25) is 0 Å². The van der Waals surface area contributed by atoms with Crippen LogP contribution in [0.25, 0.3) is 10.9 Å². The molecular formula is C14H15NO4. The molecule has 100 valence electrons. The molecule has 1 aromatic heterocycles. The number of aliphatic hydroxyl groups is 1. The number of ether oxygens (including phenoxy) is 2. The second-order valence-electron chi connectivity index (χ2n) is 4.39. The molecule has 0 saturated heterocycles. The number of pyridine rings is 1. The number of hydrogen-bond donors (Lipinski definition) is 1. The molecule has 1 unspecified atom stereocenters. The lowest BCUT2D eigenvalue weighted by atomic mass is 10.1. The van der Waals surface area contributed by atoms with Gasteiger partial charge in [-0.3, -0.25) is 4.98 Å². The van der Waals surface area contributed by atoms with E-state index in [1.165, 1.54) is 14.0 Å². The predicted octanol–water partition coefficient (Wildman–Crippen LogP) is 1.54. The van der Waals surface area contributed by atoms with Crippen molar-refractivity contribution in [2.24, 2.45) is 0 Å². The van der Waals surface area contributed by atoms with Gasteiger partial charge in [0, 0.05) is 11.6 Å². The topological polar surface area (TPSA) is 68.7 Å². The van der Waals surface area contributed by atoms with Gasteiger partial charge in [-0.2, -0.15) is 0 Å². The standard InChI is InChI=1S/C14H15NO4/c1-14(17,13(16)18-2)9-19-11-7-3-5-10-6-4-8-15-12(10)11/h3-8,17H,9H2,1-2H3. The Bertz CT molecular complexity index is 590. The minimum absolute atomic E-state index is 0.199. The van der Waals surface area contributed by atoms with Gasteiger partial charge in [0.15, 0.2) is 5.60 Å². The largest absolute Gasteiger partial charge is 0.488 e. The average molecular weight is 261 g/mol. The van der Waals surface area contributed by atoms with Crippen molar-refractivity contribution in [1.82, 2.24) is 4.98 Å². The number of esters is 1. The Labute approximate surface area is 110 Å². The first-order valence-corrected chi connectivity index (χ1v) is 5.82. The number of fused-ring (bicyclic) bond motifs is 1. The van der Waals surface area contributed by atoms with Gasteiger partial charge in [0.1, 0.15) is 17.9 Å². The Kier molecular flexibility index (Phi) is 3.66. The molecule has 0 fully saturated rings. The number of carbonyl (C=O) groups is 1. The first-order valence-electron chi connectivity index (χ1n) is 5.82. The highest BCUT2D eigenvalue weighted by Crippen LogP contribution is 2.23. The molecule has 0 bridgehead atoms. The molecular weight excluding hydrogens is 246 g/mol. The summed E-state index contributed by atoms with van der Waals surface area (Å²) in [5.41, 5.74) is -1.00. The molecule has 1 atom stereocenters. The van der Waals surface area contributed by atoms with Crippen LogP contribution in [0.3, 0.4) is 0 Å². The van der Waals surface area contributed by atoms with Crippen LogP contribution < -0.4 is 4.74 Å². The second kappa shape index (κ2) is 5.24. The van der Waals surface area contributed by atoms with Crippen molar-refractivity contribution in [3.63, 3.8) is 0 Å². The summed E-state index contributed by atoms with van der Waals surface area (Å²) >= 11 is 0. The number of para-hydroxylation sites is 1.